The number of benzene rings is 9. The molecule has 0 atom stereocenters. The van der Waals surface area contributed by atoms with Gasteiger partial charge in [-0.05, 0) is 117 Å². The third-order valence-corrected chi connectivity index (χ3v) is 10.9. The van der Waals surface area contributed by atoms with E-state index in [-0.39, 0.29) is 0 Å². The highest BCUT2D eigenvalue weighted by atomic mass is 16.4. The smallest absolute Gasteiger partial charge is 0.227 e. The summed E-state index contributed by atoms with van der Waals surface area (Å²) in [4.78, 5) is 7.07. The average Bonchev–Trinajstić information content (AvgIpc) is 3.87. The summed E-state index contributed by atoms with van der Waals surface area (Å²) in [7, 11) is 0. The highest BCUT2D eigenvalue weighted by Gasteiger charge is 2.17. The summed E-state index contributed by atoms with van der Waals surface area (Å²) < 4.78 is 12.6. The zero-order chi connectivity index (χ0) is 37.7. The average molecular weight is 731 g/mol. The maximum absolute atomic E-state index is 6.43. The molecule has 0 N–H and O–H groups in total. The SMILES string of the molecule is c1ccc(-c2ccc(N(c3ccc(-c4ccc5ccccc5c4)cc3)c3ccc(-c4ccc5c(c4)oc4cc6nc(-c7ccccc7)oc6cc45)cc3)cc2)cc1. The van der Waals surface area contributed by atoms with Crippen LogP contribution in [0.15, 0.2) is 215 Å². The maximum atomic E-state index is 6.43. The minimum atomic E-state index is 0.606. The van der Waals surface area contributed by atoms with Crippen LogP contribution in [-0.2, 0) is 0 Å². The predicted octanol–water partition coefficient (Wildman–Crippen LogP) is 15.0. The molecule has 0 bridgehead atoms. The Balaban J connectivity index is 0.929. The van der Waals surface area contributed by atoms with Crippen LogP contribution in [-0.4, -0.2) is 4.98 Å². The van der Waals surface area contributed by atoms with Crippen LogP contribution in [0.4, 0.5) is 17.1 Å². The number of oxazole rings is 1. The minimum absolute atomic E-state index is 0.606. The van der Waals surface area contributed by atoms with Gasteiger partial charge < -0.3 is 13.7 Å². The van der Waals surface area contributed by atoms with Gasteiger partial charge in [-0.15, -0.1) is 0 Å². The molecule has 11 rings (SSSR count). The monoisotopic (exact) mass is 730 g/mol. The maximum Gasteiger partial charge on any atom is 0.227 e. The number of hydrogen-bond acceptors (Lipinski definition) is 4. The van der Waals surface area contributed by atoms with Crippen LogP contribution in [0.5, 0.6) is 0 Å². The number of rotatable bonds is 7. The van der Waals surface area contributed by atoms with Gasteiger partial charge >= 0.3 is 0 Å². The molecule has 0 unspecified atom stereocenters. The van der Waals surface area contributed by atoms with E-state index in [1.807, 2.05) is 42.5 Å². The number of aromatic nitrogens is 1. The first kappa shape index (κ1) is 32.7. The van der Waals surface area contributed by atoms with E-state index in [2.05, 4.69) is 169 Å². The van der Waals surface area contributed by atoms with Crippen molar-refractivity contribution in [3.05, 3.63) is 206 Å². The molecule has 2 heterocycles. The van der Waals surface area contributed by atoms with Gasteiger partial charge in [0.05, 0.1) is 0 Å². The number of furan rings is 1. The topological polar surface area (TPSA) is 42.4 Å². The van der Waals surface area contributed by atoms with E-state index in [0.717, 1.165) is 66.8 Å². The van der Waals surface area contributed by atoms with E-state index in [4.69, 9.17) is 13.8 Å². The summed E-state index contributed by atoms with van der Waals surface area (Å²) >= 11 is 0. The van der Waals surface area contributed by atoms with Gasteiger partial charge in [-0.3, -0.25) is 0 Å². The fourth-order valence-electron chi connectivity index (χ4n) is 7.94. The Morgan fingerprint density at radius 3 is 1.46 bits per heavy atom. The normalized spacial score (nSPS) is 11.5. The van der Waals surface area contributed by atoms with Crippen LogP contribution in [0.2, 0.25) is 0 Å². The Morgan fingerprint density at radius 1 is 0.316 bits per heavy atom. The van der Waals surface area contributed by atoms with Crippen LogP contribution in [0.3, 0.4) is 0 Å². The molecular weight excluding hydrogens is 697 g/mol. The molecule has 0 radical (unpaired) electrons. The van der Waals surface area contributed by atoms with Crippen molar-refractivity contribution in [2.45, 2.75) is 0 Å². The van der Waals surface area contributed by atoms with Crippen molar-refractivity contribution in [3.8, 4) is 44.8 Å². The molecule has 0 aliphatic heterocycles. The second-order valence-corrected chi connectivity index (χ2v) is 14.4. The number of fused-ring (bicyclic) bond motifs is 5. The first-order valence-electron chi connectivity index (χ1n) is 19.2. The third-order valence-electron chi connectivity index (χ3n) is 10.9. The van der Waals surface area contributed by atoms with E-state index in [1.54, 1.807) is 0 Å². The van der Waals surface area contributed by atoms with E-state index in [0.29, 0.717) is 5.89 Å². The Morgan fingerprint density at radius 2 is 0.807 bits per heavy atom. The number of hydrogen-bond donors (Lipinski definition) is 0. The summed E-state index contributed by atoms with van der Waals surface area (Å²) in [5.41, 5.74) is 14.3. The van der Waals surface area contributed by atoms with E-state index in [1.165, 1.54) is 33.0 Å². The third kappa shape index (κ3) is 6.01. The Bertz CT molecular complexity index is 3200. The second-order valence-electron chi connectivity index (χ2n) is 14.4. The largest absolute Gasteiger partial charge is 0.456 e. The summed E-state index contributed by atoms with van der Waals surface area (Å²) in [5.74, 6) is 0.606. The standard InChI is InChI=1S/C53H34N2O2/c1-3-9-35(10-4-1)37-17-24-44(25-18-37)55(45-26-19-38(20-27-45)42-16-15-36-11-7-8-14-41(36)31-42)46-28-21-39(22-29-46)43-23-30-47-48-33-52-49(34-51(48)56-50(47)32-43)54-53(57-52)40-12-5-2-6-13-40/h1-34H. The number of nitrogens with zero attached hydrogens (tertiary/aromatic N) is 2. The molecule has 4 nitrogen and oxygen atoms in total. The van der Waals surface area contributed by atoms with Crippen LogP contribution in [0.1, 0.15) is 0 Å². The first-order chi connectivity index (χ1) is 28.2. The fourth-order valence-corrected chi connectivity index (χ4v) is 7.94. The molecule has 0 fully saturated rings. The minimum Gasteiger partial charge on any atom is -0.456 e. The molecular formula is C53H34N2O2. The molecule has 268 valence electrons. The summed E-state index contributed by atoms with van der Waals surface area (Å²) in [6.07, 6.45) is 0. The molecule has 0 aliphatic carbocycles. The van der Waals surface area contributed by atoms with Gasteiger partial charge in [0.15, 0.2) is 5.58 Å². The van der Waals surface area contributed by atoms with Gasteiger partial charge in [0, 0.05) is 39.5 Å². The molecule has 0 saturated carbocycles. The fraction of sp³-hybridized carbons (Fsp3) is 0. The van der Waals surface area contributed by atoms with Crippen LogP contribution < -0.4 is 4.90 Å². The lowest BCUT2D eigenvalue weighted by Crippen LogP contribution is -2.09. The van der Waals surface area contributed by atoms with E-state index >= 15 is 0 Å². The lowest BCUT2D eigenvalue weighted by molar-refractivity contribution is 0.620. The van der Waals surface area contributed by atoms with E-state index < -0.39 is 0 Å². The van der Waals surface area contributed by atoms with Gasteiger partial charge in [-0.1, -0.05) is 127 Å². The van der Waals surface area contributed by atoms with Crippen molar-refractivity contribution < 1.29 is 8.83 Å². The van der Waals surface area contributed by atoms with Crippen molar-refractivity contribution in [1.82, 2.24) is 4.98 Å². The predicted molar refractivity (Wildman–Crippen MR) is 235 cm³/mol. The summed E-state index contributed by atoms with van der Waals surface area (Å²) in [6, 6.07) is 72.6. The molecule has 0 amide bonds. The van der Waals surface area contributed by atoms with Crippen molar-refractivity contribution >= 4 is 60.9 Å². The highest BCUT2D eigenvalue weighted by Crippen LogP contribution is 2.40. The van der Waals surface area contributed by atoms with Gasteiger partial charge in [-0.25, -0.2) is 4.98 Å². The summed E-state index contributed by atoms with van der Waals surface area (Å²) in [6.45, 7) is 0. The van der Waals surface area contributed by atoms with E-state index in [9.17, 15) is 0 Å². The molecule has 0 spiro atoms. The lowest BCUT2D eigenvalue weighted by atomic mass is 10.0. The first-order valence-corrected chi connectivity index (χ1v) is 19.2. The van der Waals surface area contributed by atoms with Gasteiger partial charge in [0.25, 0.3) is 0 Å². The Labute approximate surface area is 329 Å². The van der Waals surface area contributed by atoms with Gasteiger partial charge in [0.1, 0.15) is 16.7 Å². The molecule has 9 aromatic carbocycles. The quantitative estimate of drug-likeness (QED) is 0.164. The number of anilines is 3. The molecule has 0 saturated heterocycles. The van der Waals surface area contributed by atoms with Gasteiger partial charge in [0.2, 0.25) is 5.89 Å². The van der Waals surface area contributed by atoms with Crippen molar-refractivity contribution in [2.75, 3.05) is 4.90 Å². The Kier molecular flexibility index (Phi) is 7.78. The van der Waals surface area contributed by atoms with Crippen molar-refractivity contribution in [1.29, 1.82) is 0 Å². The molecule has 57 heavy (non-hydrogen) atoms. The summed E-state index contributed by atoms with van der Waals surface area (Å²) in [5, 5.41) is 4.54. The van der Waals surface area contributed by atoms with Crippen molar-refractivity contribution in [3.63, 3.8) is 0 Å². The van der Waals surface area contributed by atoms with Crippen LogP contribution in [0, 0.1) is 0 Å². The van der Waals surface area contributed by atoms with Crippen LogP contribution >= 0.6 is 0 Å². The van der Waals surface area contributed by atoms with Crippen LogP contribution in [0.25, 0.3) is 88.6 Å². The highest BCUT2D eigenvalue weighted by molar-refractivity contribution is 6.09. The van der Waals surface area contributed by atoms with Crippen molar-refractivity contribution in [2.24, 2.45) is 0 Å². The van der Waals surface area contributed by atoms with Gasteiger partial charge in [-0.2, -0.15) is 0 Å². The molecule has 0 aliphatic rings. The molecule has 2 aromatic heterocycles. The Hall–Kier alpha value is -7.69. The molecule has 4 heteroatoms. The zero-order valence-electron chi connectivity index (χ0n) is 30.8. The molecule has 11 aromatic rings. The second kappa shape index (κ2) is 13.6. The lowest BCUT2D eigenvalue weighted by Gasteiger charge is -2.26. The zero-order valence-corrected chi connectivity index (χ0v) is 30.8.